The quantitative estimate of drug-likeness (QED) is 0.797. The van der Waals surface area contributed by atoms with E-state index in [0.29, 0.717) is 13.2 Å². The largest absolute Gasteiger partial charge is 0.443 e. The third-order valence-corrected chi connectivity index (χ3v) is 2.81. The van der Waals surface area contributed by atoms with Crippen molar-refractivity contribution in [2.45, 2.75) is 6.61 Å². The van der Waals surface area contributed by atoms with Gasteiger partial charge < -0.3 is 9.64 Å². The van der Waals surface area contributed by atoms with Crippen LogP contribution in [0.15, 0.2) is 30.3 Å². The molecule has 1 saturated heterocycles. The van der Waals surface area contributed by atoms with Gasteiger partial charge in [0.1, 0.15) is 6.61 Å². The van der Waals surface area contributed by atoms with E-state index >= 15 is 0 Å². The molecule has 0 aromatic heterocycles. The van der Waals surface area contributed by atoms with Crippen molar-refractivity contribution in [3.63, 3.8) is 0 Å². The molecule has 5 nitrogen and oxygen atoms in total. The zero-order valence-corrected chi connectivity index (χ0v) is 10.5. The van der Waals surface area contributed by atoms with Gasteiger partial charge >= 0.3 is 6.09 Å². The molecule has 1 aromatic carbocycles. The zero-order valence-electron chi connectivity index (χ0n) is 10.5. The highest BCUT2D eigenvalue weighted by Gasteiger charge is 2.19. The van der Waals surface area contributed by atoms with Crippen molar-refractivity contribution in [1.82, 2.24) is 9.96 Å². The summed E-state index contributed by atoms with van der Waals surface area (Å²) in [7, 11) is 2.00. The Morgan fingerprint density at radius 3 is 2.83 bits per heavy atom. The van der Waals surface area contributed by atoms with Crippen LogP contribution in [0.25, 0.3) is 0 Å². The van der Waals surface area contributed by atoms with E-state index in [9.17, 15) is 4.79 Å². The number of hydrogen-bond acceptors (Lipinski definition) is 4. The van der Waals surface area contributed by atoms with E-state index < -0.39 is 6.09 Å². The number of amides is 1. The highest BCUT2D eigenvalue weighted by Crippen LogP contribution is 2.05. The number of benzene rings is 1. The second kappa shape index (κ2) is 6.37. The Hall–Kier alpha value is -1.59. The molecule has 0 bridgehead atoms. The van der Waals surface area contributed by atoms with Crippen LogP contribution in [0, 0.1) is 0 Å². The van der Waals surface area contributed by atoms with Crippen molar-refractivity contribution >= 4 is 6.09 Å². The molecular weight excluding hydrogens is 232 g/mol. The highest BCUT2D eigenvalue weighted by molar-refractivity contribution is 5.66. The highest BCUT2D eigenvalue weighted by atomic mass is 16.7. The molecule has 1 aliphatic rings. The fraction of sp³-hybridized carbons (Fsp3) is 0.462. The van der Waals surface area contributed by atoms with Gasteiger partial charge in [0.2, 0.25) is 0 Å². The predicted molar refractivity (Wildman–Crippen MR) is 66.8 cm³/mol. The van der Waals surface area contributed by atoms with E-state index in [2.05, 4.69) is 4.90 Å². The lowest BCUT2D eigenvalue weighted by atomic mass is 10.2. The monoisotopic (exact) mass is 250 g/mol. The molecule has 1 amide bonds. The van der Waals surface area contributed by atoms with Crippen LogP contribution >= 0.6 is 0 Å². The van der Waals surface area contributed by atoms with Crippen molar-refractivity contribution < 1.29 is 14.4 Å². The number of carbonyl (C=O) groups excluding carboxylic acids is 1. The second-order valence-corrected chi connectivity index (χ2v) is 4.28. The molecule has 0 unspecified atom stereocenters. The van der Waals surface area contributed by atoms with Gasteiger partial charge in [-0.2, -0.15) is 5.06 Å². The lowest BCUT2D eigenvalue weighted by Crippen LogP contribution is -2.34. The van der Waals surface area contributed by atoms with E-state index in [0.717, 1.165) is 18.7 Å². The first kappa shape index (κ1) is 12.9. The minimum Gasteiger partial charge on any atom is -0.443 e. The fourth-order valence-corrected chi connectivity index (χ4v) is 1.68. The Labute approximate surface area is 107 Å². The molecule has 0 saturated carbocycles. The third-order valence-electron chi connectivity index (χ3n) is 2.81. The number of nitrogens with zero attached hydrogens (tertiary/aromatic N) is 2. The predicted octanol–water partition coefficient (Wildman–Crippen LogP) is 1.50. The Morgan fingerprint density at radius 1 is 1.28 bits per heavy atom. The summed E-state index contributed by atoms with van der Waals surface area (Å²) < 4.78 is 5.20. The van der Waals surface area contributed by atoms with E-state index in [1.54, 1.807) is 0 Å². The number of carbonyl (C=O) groups is 1. The molecular formula is C13H18N2O3. The summed E-state index contributed by atoms with van der Waals surface area (Å²) in [6.07, 6.45) is -0.422. The maximum atomic E-state index is 11.8. The fourth-order valence-electron chi connectivity index (χ4n) is 1.68. The van der Waals surface area contributed by atoms with Crippen LogP contribution in [0.2, 0.25) is 0 Å². The summed E-state index contributed by atoms with van der Waals surface area (Å²) in [5, 5.41) is 1.30. The van der Waals surface area contributed by atoms with E-state index in [4.69, 9.17) is 9.57 Å². The van der Waals surface area contributed by atoms with Crippen LogP contribution in [0.4, 0.5) is 4.79 Å². The zero-order chi connectivity index (χ0) is 12.8. The van der Waals surface area contributed by atoms with E-state index in [-0.39, 0.29) is 6.61 Å². The van der Waals surface area contributed by atoms with Gasteiger partial charge in [-0.3, -0.25) is 4.84 Å². The van der Waals surface area contributed by atoms with E-state index in [1.165, 1.54) is 5.06 Å². The molecule has 1 fully saturated rings. The minimum absolute atomic E-state index is 0.273. The van der Waals surface area contributed by atoms with Gasteiger partial charge in [-0.25, -0.2) is 4.79 Å². The van der Waals surface area contributed by atoms with Crippen molar-refractivity contribution in [3.8, 4) is 0 Å². The molecule has 0 aliphatic carbocycles. The number of hydroxylamine groups is 2. The Balaban J connectivity index is 1.80. The standard InChI is InChI=1S/C13H18N2O3/c1-14-7-8-15(18-10-9-14)13(16)17-11-12-5-3-2-4-6-12/h2-6H,7-11H2,1H3. The Kier molecular flexibility index (Phi) is 4.55. The Morgan fingerprint density at radius 2 is 2.06 bits per heavy atom. The Bertz CT molecular complexity index is 383. The van der Waals surface area contributed by atoms with Gasteiger partial charge in [0.15, 0.2) is 0 Å². The lowest BCUT2D eigenvalue weighted by molar-refractivity contribution is -0.126. The van der Waals surface area contributed by atoms with Crippen LogP contribution in [0.3, 0.4) is 0 Å². The molecule has 2 rings (SSSR count). The first-order valence-corrected chi connectivity index (χ1v) is 6.05. The van der Waals surface area contributed by atoms with Gasteiger partial charge in [-0.05, 0) is 12.6 Å². The topological polar surface area (TPSA) is 42.0 Å². The average molecular weight is 250 g/mol. The maximum Gasteiger partial charge on any atom is 0.434 e. The molecule has 1 aliphatic heterocycles. The van der Waals surface area contributed by atoms with Crippen molar-refractivity contribution in [1.29, 1.82) is 0 Å². The number of ether oxygens (including phenoxy) is 1. The molecule has 1 aromatic rings. The van der Waals surface area contributed by atoms with E-state index in [1.807, 2.05) is 37.4 Å². The lowest BCUT2D eigenvalue weighted by Gasteiger charge is -2.18. The van der Waals surface area contributed by atoms with Gasteiger partial charge in [0, 0.05) is 13.1 Å². The van der Waals surface area contributed by atoms with Crippen molar-refractivity contribution in [3.05, 3.63) is 35.9 Å². The second-order valence-electron chi connectivity index (χ2n) is 4.28. The van der Waals surface area contributed by atoms with Crippen LogP contribution in [0.5, 0.6) is 0 Å². The summed E-state index contributed by atoms with van der Waals surface area (Å²) in [4.78, 5) is 19.2. The number of likely N-dealkylation sites (N-methyl/N-ethyl adjacent to an activating group) is 1. The third kappa shape index (κ3) is 3.72. The number of rotatable bonds is 2. The summed E-state index contributed by atoms with van der Waals surface area (Å²) in [6.45, 7) is 2.93. The molecule has 0 N–H and O–H groups in total. The smallest absolute Gasteiger partial charge is 0.434 e. The molecule has 1 heterocycles. The molecule has 0 spiro atoms. The molecule has 0 radical (unpaired) electrons. The summed E-state index contributed by atoms with van der Waals surface area (Å²) in [6, 6.07) is 9.61. The van der Waals surface area contributed by atoms with Gasteiger partial charge in [0.05, 0.1) is 13.2 Å². The van der Waals surface area contributed by atoms with Gasteiger partial charge in [0.25, 0.3) is 0 Å². The summed E-state index contributed by atoms with van der Waals surface area (Å²) in [5.74, 6) is 0. The van der Waals surface area contributed by atoms with Crippen LogP contribution in [0.1, 0.15) is 5.56 Å². The summed E-state index contributed by atoms with van der Waals surface area (Å²) >= 11 is 0. The normalized spacial score (nSPS) is 17.3. The van der Waals surface area contributed by atoms with Crippen LogP contribution in [-0.2, 0) is 16.2 Å². The molecule has 5 heteroatoms. The van der Waals surface area contributed by atoms with Crippen molar-refractivity contribution in [2.24, 2.45) is 0 Å². The van der Waals surface area contributed by atoms with Crippen LogP contribution in [-0.4, -0.2) is 49.3 Å². The SMILES string of the molecule is CN1CCON(C(=O)OCc2ccccc2)CC1. The minimum atomic E-state index is -0.422. The van der Waals surface area contributed by atoms with Crippen molar-refractivity contribution in [2.75, 3.05) is 33.3 Å². The van der Waals surface area contributed by atoms with Gasteiger partial charge in [-0.1, -0.05) is 30.3 Å². The molecule has 18 heavy (non-hydrogen) atoms. The molecule has 98 valence electrons. The average Bonchev–Trinajstić information content (AvgIpc) is 2.62. The summed E-state index contributed by atoms with van der Waals surface area (Å²) in [5.41, 5.74) is 0.970. The first-order chi connectivity index (χ1) is 8.75. The van der Waals surface area contributed by atoms with Gasteiger partial charge in [-0.15, -0.1) is 0 Å². The van der Waals surface area contributed by atoms with Crippen LogP contribution < -0.4 is 0 Å². The number of hydrogen-bond donors (Lipinski definition) is 0. The first-order valence-electron chi connectivity index (χ1n) is 6.05. The molecule has 0 atom stereocenters. The maximum absolute atomic E-state index is 11.8.